The Labute approximate surface area is 128 Å². The molecule has 1 aliphatic rings. The van der Waals surface area contributed by atoms with Crippen molar-refractivity contribution in [3.05, 3.63) is 5.01 Å². The van der Waals surface area contributed by atoms with E-state index in [1.807, 2.05) is 13.8 Å². The summed E-state index contributed by atoms with van der Waals surface area (Å²) in [5.41, 5.74) is 0. The number of piperidine rings is 1. The highest BCUT2D eigenvalue weighted by atomic mass is 32.1. The van der Waals surface area contributed by atoms with Crippen molar-refractivity contribution in [2.24, 2.45) is 0 Å². The minimum atomic E-state index is -0.184. The molecule has 0 bridgehead atoms. The second-order valence-corrected chi connectivity index (χ2v) is 6.53. The molecule has 0 aliphatic carbocycles. The average molecular weight is 311 g/mol. The van der Waals surface area contributed by atoms with Gasteiger partial charge in [-0.15, -0.1) is 10.2 Å². The van der Waals surface area contributed by atoms with E-state index in [-0.39, 0.29) is 18.0 Å². The third-order valence-corrected chi connectivity index (χ3v) is 4.40. The fourth-order valence-corrected chi connectivity index (χ4v) is 2.99. The van der Waals surface area contributed by atoms with Gasteiger partial charge in [0.15, 0.2) is 0 Å². The minimum Gasteiger partial charge on any atom is -0.352 e. The fourth-order valence-electron chi connectivity index (χ4n) is 2.26. The molecule has 1 aromatic heterocycles. The van der Waals surface area contributed by atoms with Crippen LogP contribution in [0, 0.1) is 0 Å². The van der Waals surface area contributed by atoms with Gasteiger partial charge in [-0.2, -0.15) is 0 Å². The number of aromatic nitrogens is 2. The van der Waals surface area contributed by atoms with Crippen LogP contribution in [-0.4, -0.2) is 46.2 Å². The standard InChI is InChI=1S/C13H21N5O2S/c1-8(2)11-16-17-12(21-11)15-13(20)18-6-4-5-10(7-18)14-9(3)19/h8,10H,4-7H2,1-3H3,(H,14,19)(H,15,17,20)/t10-/m0/s1. The summed E-state index contributed by atoms with van der Waals surface area (Å²) in [6.07, 6.45) is 1.78. The molecule has 0 spiro atoms. The largest absolute Gasteiger partial charge is 0.352 e. The Morgan fingerprint density at radius 1 is 1.38 bits per heavy atom. The molecule has 0 radical (unpaired) electrons. The summed E-state index contributed by atoms with van der Waals surface area (Å²) in [5, 5.41) is 15.1. The lowest BCUT2D eigenvalue weighted by atomic mass is 10.1. The van der Waals surface area contributed by atoms with E-state index < -0.39 is 0 Å². The Morgan fingerprint density at radius 2 is 2.14 bits per heavy atom. The molecule has 1 aliphatic heterocycles. The quantitative estimate of drug-likeness (QED) is 0.891. The summed E-state index contributed by atoms with van der Waals surface area (Å²) in [6, 6.07) is -0.154. The van der Waals surface area contributed by atoms with E-state index in [9.17, 15) is 9.59 Å². The Kier molecular flexibility index (Phi) is 5.11. The molecule has 2 heterocycles. The van der Waals surface area contributed by atoms with Crippen LogP contribution in [0.25, 0.3) is 0 Å². The van der Waals surface area contributed by atoms with Gasteiger partial charge in [0.25, 0.3) is 0 Å². The van der Waals surface area contributed by atoms with Gasteiger partial charge in [0, 0.05) is 32.0 Å². The predicted molar refractivity (Wildman–Crippen MR) is 81.4 cm³/mol. The van der Waals surface area contributed by atoms with Crippen molar-refractivity contribution in [2.45, 2.75) is 45.6 Å². The van der Waals surface area contributed by atoms with E-state index in [0.717, 1.165) is 17.8 Å². The molecule has 2 N–H and O–H groups in total. The zero-order chi connectivity index (χ0) is 15.4. The van der Waals surface area contributed by atoms with Crippen LogP contribution >= 0.6 is 11.3 Å². The smallest absolute Gasteiger partial charge is 0.323 e. The maximum atomic E-state index is 12.2. The molecule has 1 aromatic rings. The first-order chi connectivity index (χ1) is 9.95. The number of nitrogens with one attached hydrogen (secondary N) is 2. The van der Waals surface area contributed by atoms with Crippen LogP contribution in [0.5, 0.6) is 0 Å². The molecule has 7 nitrogen and oxygen atoms in total. The number of hydrogen-bond acceptors (Lipinski definition) is 5. The summed E-state index contributed by atoms with van der Waals surface area (Å²) >= 11 is 1.39. The Bertz CT molecular complexity index is 516. The second-order valence-electron chi connectivity index (χ2n) is 5.52. The number of likely N-dealkylation sites (tertiary alicyclic amines) is 1. The van der Waals surface area contributed by atoms with Gasteiger partial charge in [0.05, 0.1) is 0 Å². The van der Waals surface area contributed by atoms with E-state index >= 15 is 0 Å². The van der Waals surface area contributed by atoms with Crippen molar-refractivity contribution in [2.75, 3.05) is 18.4 Å². The fraction of sp³-hybridized carbons (Fsp3) is 0.692. The van der Waals surface area contributed by atoms with E-state index in [2.05, 4.69) is 20.8 Å². The van der Waals surface area contributed by atoms with Gasteiger partial charge in [-0.1, -0.05) is 25.2 Å². The third-order valence-electron chi connectivity index (χ3n) is 3.26. The van der Waals surface area contributed by atoms with Gasteiger partial charge in [-0.05, 0) is 12.8 Å². The Balaban J connectivity index is 1.91. The average Bonchev–Trinajstić information content (AvgIpc) is 2.87. The second kappa shape index (κ2) is 6.84. The van der Waals surface area contributed by atoms with Crippen LogP contribution in [0.4, 0.5) is 9.93 Å². The van der Waals surface area contributed by atoms with Crippen LogP contribution in [0.15, 0.2) is 0 Å². The molecule has 1 saturated heterocycles. The highest BCUT2D eigenvalue weighted by Crippen LogP contribution is 2.23. The SMILES string of the molecule is CC(=O)N[C@H]1CCCN(C(=O)Nc2nnc(C(C)C)s2)C1. The molecule has 116 valence electrons. The Morgan fingerprint density at radius 3 is 2.76 bits per heavy atom. The zero-order valence-electron chi connectivity index (χ0n) is 12.5. The summed E-state index contributed by atoms with van der Waals surface area (Å²) in [5.74, 6) is 0.236. The van der Waals surface area contributed by atoms with Crippen molar-refractivity contribution in [3.63, 3.8) is 0 Å². The molecule has 21 heavy (non-hydrogen) atoms. The first-order valence-corrected chi connectivity index (χ1v) is 7.93. The lowest BCUT2D eigenvalue weighted by molar-refractivity contribution is -0.119. The number of carbonyl (C=O) groups is 2. The van der Waals surface area contributed by atoms with E-state index in [1.54, 1.807) is 4.90 Å². The normalized spacial score (nSPS) is 18.7. The topological polar surface area (TPSA) is 87.2 Å². The van der Waals surface area contributed by atoms with Gasteiger partial charge in [-0.3, -0.25) is 10.1 Å². The van der Waals surface area contributed by atoms with Crippen LogP contribution in [0.2, 0.25) is 0 Å². The molecule has 8 heteroatoms. The number of carbonyl (C=O) groups excluding carboxylic acids is 2. The van der Waals surface area contributed by atoms with Crippen molar-refractivity contribution in [3.8, 4) is 0 Å². The molecular weight excluding hydrogens is 290 g/mol. The maximum Gasteiger partial charge on any atom is 0.323 e. The van der Waals surface area contributed by atoms with Gasteiger partial charge in [0.1, 0.15) is 5.01 Å². The molecular formula is C13H21N5O2S. The molecule has 0 unspecified atom stereocenters. The van der Waals surface area contributed by atoms with Crippen molar-refractivity contribution >= 4 is 28.4 Å². The van der Waals surface area contributed by atoms with Crippen LogP contribution in [0.1, 0.15) is 44.5 Å². The van der Waals surface area contributed by atoms with Crippen LogP contribution in [0.3, 0.4) is 0 Å². The molecule has 1 atom stereocenters. The lowest BCUT2D eigenvalue weighted by Crippen LogP contribution is -2.50. The number of anilines is 1. The number of amides is 3. The maximum absolute atomic E-state index is 12.2. The number of nitrogens with zero attached hydrogens (tertiary/aromatic N) is 3. The summed E-state index contributed by atoms with van der Waals surface area (Å²) in [4.78, 5) is 25.0. The van der Waals surface area contributed by atoms with Crippen molar-refractivity contribution in [1.82, 2.24) is 20.4 Å². The monoisotopic (exact) mass is 311 g/mol. The van der Waals surface area contributed by atoms with Gasteiger partial charge < -0.3 is 10.2 Å². The minimum absolute atomic E-state index is 0.0302. The number of hydrogen-bond donors (Lipinski definition) is 2. The third kappa shape index (κ3) is 4.38. The molecule has 0 saturated carbocycles. The predicted octanol–water partition coefficient (Wildman–Crippen LogP) is 1.79. The summed E-state index contributed by atoms with van der Waals surface area (Å²) in [6.45, 7) is 6.79. The highest BCUT2D eigenvalue weighted by Gasteiger charge is 2.24. The molecule has 2 rings (SSSR count). The number of rotatable bonds is 3. The van der Waals surface area contributed by atoms with E-state index in [4.69, 9.17) is 0 Å². The van der Waals surface area contributed by atoms with E-state index in [1.165, 1.54) is 18.3 Å². The summed E-state index contributed by atoms with van der Waals surface area (Å²) in [7, 11) is 0. The Hall–Kier alpha value is -1.70. The first-order valence-electron chi connectivity index (χ1n) is 7.12. The zero-order valence-corrected chi connectivity index (χ0v) is 13.4. The van der Waals surface area contributed by atoms with Crippen LogP contribution < -0.4 is 10.6 Å². The van der Waals surface area contributed by atoms with Crippen molar-refractivity contribution in [1.29, 1.82) is 0 Å². The molecule has 0 aromatic carbocycles. The van der Waals surface area contributed by atoms with Gasteiger partial charge >= 0.3 is 6.03 Å². The van der Waals surface area contributed by atoms with Gasteiger partial charge in [-0.25, -0.2) is 4.79 Å². The van der Waals surface area contributed by atoms with Gasteiger partial charge in [0.2, 0.25) is 11.0 Å². The molecule has 3 amide bonds. The molecule has 1 fully saturated rings. The summed E-state index contributed by atoms with van der Waals surface area (Å²) < 4.78 is 0. The number of urea groups is 1. The first kappa shape index (κ1) is 15.7. The van der Waals surface area contributed by atoms with Crippen molar-refractivity contribution < 1.29 is 9.59 Å². The lowest BCUT2D eigenvalue weighted by Gasteiger charge is -2.32. The van der Waals surface area contributed by atoms with E-state index in [0.29, 0.717) is 24.1 Å². The van der Waals surface area contributed by atoms with Crippen LogP contribution in [-0.2, 0) is 4.79 Å². The highest BCUT2D eigenvalue weighted by molar-refractivity contribution is 7.15.